The summed E-state index contributed by atoms with van der Waals surface area (Å²) >= 11 is 0. The van der Waals surface area contributed by atoms with E-state index in [1.165, 1.54) is 0 Å². The zero-order valence-corrected chi connectivity index (χ0v) is 23.5. The Kier molecular flexibility index (Phi) is 7.65. The highest BCUT2D eigenvalue weighted by atomic mass is 16.5. The molecule has 1 amide bonds. The van der Waals surface area contributed by atoms with Gasteiger partial charge in [-0.1, -0.05) is 35.9 Å². The third-order valence-electron chi connectivity index (χ3n) is 7.71. The van der Waals surface area contributed by atoms with Gasteiger partial charge in [-0.05, 0) is 73.7 Å². The summed E-state index contributed by atoms with van der Waals surface area (Å²) in [5.74, 6) is 1.26. The first-order valence-electron chi connectivity index (χ1n) is 13.3. The van der Waals surface area contributed by atoms with E-state index in [0.29, 0.717) is 46.9 Å². The van der Waals surface area contributed by atoms with Crippen LogP contribution in [0, 0.1) is 6.92 Å². The quantitative estimate of drug-likeness (QED) is 0.383. The molecule has 3 aromatic rings. The molecule has 0 fully saturated rings. The van der Waals surface area contributed by atoms with Crippen LogP contribution in [0.5, 0.6) is 17.2 Å². The van der Waals surface area contributed by atoms with Crippen LogP contribution >= 0.6 is 0 Å². The minimum atomic E-state index is -0.478. The number of Topliss-reactive ketones (excluding diaryl/α,β-unsaturated/α-hetero) is 1. The van der Waals surface area contributed by atoms with Crippen LogP contribution in [-0.4, -0.2) is 33.0 Å². The molecule has 3 aromatic carbocycles. The van der Waals surface area contributed by atoms with Gasteiger partial charge in [0.2, 0.25) is 0 Å². The first kappa shape index (κ1) is 27.1. The van der Waals surface area contributed by atoms with Crippen LogP contribution in [0.1, 0.15) is 48.3 Å². The smallest absolute Gasteiger partial charge is 0.254 e. The Morgan fingerprint density at radius 2 is 1.50 bits per heavy atom. The lowest BCUT2D eigenvalue weighted by Crippen LogP contribution is -2.37. The Morgan fingerprint density at radius 3 is 2.15 bits per heavy atom. The van der Waals surface area contributed by atoms with Crippen LogP contribution in [0.15, 0.2) is 89.3 Å². The Labute approximate surface area is 234 Å². The molecule has 1 aliphatic carbocycles. The average Bonchev–Trinajstić information content (AvgIpc) is 2.96. The van der Waals surface area contributed by atoms with Crippen molar-refractivity contribution in [3.63, 3.8) is 0 Å². The molecule has 2 atom stereocenters. The van der Waals surface area contributed by atoms with Crippen molar-refractivity contribution in [3.05, 3.63) is 106 Å². The van der Waals surface area contributed by atoms with Gasteiger partial charge in [0.1, 0.15) is 5.75 Å². The zero-order chi connectivity index (χ0) is 28.4. The van der Waals surface area contributed by atoms with Gasteiger partial charge in [-0.25, -0.2) is 0 Å². The van der Waals surface area contributed by atoms with Gasteiger partial charge in [0.15, 0.2) is 17.3 Å². The third kappa shape index (κ3) is 5.19. The summed E-state index contributed by atoms with van der Waals surface area (Å²) in [6.07, 6.45) is 0.981. The molecule has 0 aromatic heterocycles. The molecule has 7 heteroatoms. The van der Waals surface area contributed by atoms with E-state index >= 15 is 0 Å². The molecule has 206 valence electrons. The van der Waals surface area contributed by atoms with Crippen molar-refractivity contribution >= 4 is 17.4 Å². The molecular formula is C33H34N2O5. The number of amides is 1. The highest BCUT2D eigenvalue weighted by molar-refractivity contribution is 6.10. The maximum atomic E-state index is 13.9. The predicted octanol–water partition coefficient (Wildman–Crippen LogP) is 6.02. The van der Waals surface area contributed by atoms with Crippen molar-refractivity contribution in [2.45, 2.75) is 38.5 Å². The third-order valence-corrected chi connectivity index (χ3v) is 7.71. The summed E-state index contributed by atoms with van der Waals surface area (Å²) in [7, 11) is 4.81. The van der Waals surface area contributed by atoms with Crippen molar-refractivity contribution in [2.24, 2.45) is 0 Å². The standard InChI is InChI=1S/C33H34N2O5/c1-19-6-8-21(9-7-19)31-30(33(37)35-24-11-13-25(38-3)14-12-24)20(2)34-26-16-23(17-27(36)32(26)31)22-10-15-28(39-4)29(18-22)40-5/h6-15,18,23,31,34H,16-17H2,1-5H3,(H,35,37). The van der Waals surface area contributed by atoms with Gasteiger partial charge in [0, 0.05) is 40.6 Å². The molecule has 1 heterocycles. The maximum absolute atomic E-state index is 13.9. The number of allylic oxidation sites excluding steroid dienone is 3. The van der Waals surface area contributed by atoms with Crippen molar-refractivity contribution in [1.29, 1.82) is 0 Å². The van der Waals surface area contributed by atoms with E-state index in [4.69, 9.17) is 14.2 Å². The van der Waals surface area contributed by atoms with Crippen LogP contribution in [0.25, 0.3) is 0 Å². The number of benzene rings is 3. The molecule has 40 heavy (non-hydrogen) atoms. The van der Waals surface area contributed by atoms with Crippen LogP contribution in [0.2, 0.25) is 0 Å². The maximum Gasteiger partial charge on any atom is 0.254 e. The Morgan fingerprint density at radius 1 is 0.825 bits per heavy atom. The number of methoxy groups -OCH3 is 3. The second kappa shape index (κ2) is 11.3. The summed E-state index contributed by atoms with van der Waals surface area (Å²) in [6, 6.07) is 21.1. The number of hydrogen-bond donors (Lipinski definition) is 2. The van der Waals surface area contributed by atoms with Crippen LogP contribution in [-0.2, 0) is 9.59 Å². The first-order chi connectivity index (χ1) is 19.3. The number of dihydropyridines is 1. The van der Waals surface area contributed by atoms with E-state index < -0.39 is 5.92 Å². The van der Waals surface area contributed by atoms with Gasteiger partial charge in [-0.3, -0.25) is 9.59 Å². The number of anilines is 1. The van der Waals surface area contributed by atoms with Gasteiger partial charge < -0.3 is 24.8 Å². The van der Waals surface area contributed by atoms with E-state index in [9.17, 15) is 9.59 Å². The molecule has 0 spiro atoms. The van der Waals surface area contributed by atoms with E-state index in [1.807, 2.05) is 56.3 Å². The Hall–Kier alpha value is -4.52. The minimum Gasteiger partial charge on any atom is -0.497 e. The normalized spacial score (nSPS) is 18.6. The number of rotatable bonds is 7. The lowest BCUT2D eigenvalue weighted by atomic mass is 9.71. The number of nitrogens with one attached hydrogen (secondary N) is 2. The van der Waals surface area contributed by atoms with E-state index in [2.05, 4.69) is 10.6 Å². The molecule has 2 aliphatic rings. The van der Waals surface area contributed by atoms with Crippen molar-refractivity contribution in [1.82, 2.24) is 5.32 Å². The van der Waals surface area contributed by atoms with E-state index in [0.717, 1.165) is 28.1 Å². The number of hydrogen-bond acceptors (Lipinski definition) is 6. The van der Waals surface area contributed by atoms with Gasteiger partial charge in [0.05, 0.1) is 21.3 Å². The van der Waals surface area contributed by atoms with Gasteiger partial charge >= 0.3 is 0 Å². The fourth-order valence-electron chi connectivity index (χ4n) is 5.65. The molecule has 0 bridgehead atoms. The molecule has 2 N–H and O–H groups in total. The molecular weight excluding hydrogens is 504 g/mol. The first-order valence-corrected chi connectivity index (χ1v) is 13.3. The molecule has 0 saturated heterocycles. The van der Waals surface area contributed by atoms with E-state index in [-0.39, 0.29) is 17.6 Å². The lowest BCUT2D eigenvalue weighted by molar-refractivity contribution is -0.116. The fraction of sp³-hybridized carbons (Fsp3) is 0.273. The topological polar surface area (TPSA) is 85.9 Å². The largest absolute Gasteiger partial charge is 0.497 e. The average molecular weight is 539 g/mol. The predicted molar refractivity (Wildman–Crippen MR) is 155 cm³/mol. The highest BCUT2D eigenvalue weighted by Gasteiger charge is 2.41. The minimum absolute atomic E-state index is 0.0281. The summed E-state index contributed by atoms with van der Waals surface area (Å²) in [4.78, 5) is 27.7. The second-order valence-electron chi connectivity index (χ2n) is 10.2. The Balaban J connectivity index is 1.52. The summed E-state index contributed by atoms with van der Waals surface area (Å²) in [5, 5.41) is 6.47. The number of carbonyl (C=O) groups is 2. The summed E-state index contributed by atoms with van der Waals surface area (Å²) < 4.78 is 16.1. The fourth-order valence-corrected chi connectivity index (χ4v) is 5.65. The summed E-state index contributed by atoms with van der Waals surface area (Å²) in [6.45, 7) is 3.92. The number of ether oxygens (including phenoxy) is 3. The van der Waals surface area contributed by atoms with Gasteiger partial charge in [-0.2, -0.15) is 0 Å². The van der Waals surface area contributed by atoms with Crippen LogP contribution in [0.4, 0.5) is 5.69 Å². The molecule has 7 nitrogen and oxygen atoms in total. The molecule has 1 aliphatic heterocycles. The SMILES string of the molecule is COc1ccc(NC(=O)C2=C(C)NC3=C(C(=O)CC(c4ccc(OC)c(OC)c4)C3)C2c2ccc(C)cc2)cc1. The molecule has 0 radical (unpaired) electrons. The zero-order valence-electron chi connectivity index (χ0n) is 23.5. The van der Waals surface area contributed by atoms with Gasteiger partial charge in [0.25, 0.3) is 5.91 Å². The van der Waals surface area contributed by atoms with Crippen molar-refractivity contribution < 1.29 is 23.8 Å². The summed E-state index contributed by atoms with van der Waals surface area (Å²) in [5.41, 5.74) is 6.48. The number of carbonyl (C=O) groups excluding carboxylic acids is 2. The van der Waals surface area contributed by atoms with E-state index in [1.54, 1.807) is 45.6 Å². The Bertz CT molecular complexity index is 1500. The lowest BCUT2D eigenvalue weighted by Gasteiger charge is -2.37. The second-order valence-corrected chi connectivity index (χ2v) is 10.2. The monoisotopic (exact) mass is 538 g/mol. The number of ketones is 1. The highest BCUT2D eigenvalue weighted by Crippen LogP contribution is 2.46. The van der Waals surface area contributed by atoms with Crippen LogP contribution < -0.4 is 24.8 Å². The number of aryl methyl sites for hydroxylation is 1. The van der Waals surface area contributed by atoms with Crippen molar-refractivity contribution in [2.75, 3.05) is 26.6 Å². The van der Waals surface area contributed by atoms with Crippen LogP contribution in [0.3, 0.4) is 0 Å². The molecule has 5 rings (SSSR count). The molecule has 0 saturated carbocycles. The van der Waals surface area contributed by atoms with Gasteiger partial charge in [-0.15, -0.1) is 0 Å². The molecule has 2 unspecified atom stereocenters. The van der Waals surface area contributed by atoms with Crippen molar-refractivity contribution in [3.8, 4) is 17.2 Å².